The van der Waals surface area contributed by atoms with Crippen LogP contribution >= 0.6 is 11.8 Å². The van der Waals surface area contributed by atoms with Crippen LogP contribution in [0.5, 0.6) is 0 Å². The summed E-state index contributed by atoms with van der Waals surface area (Å²) in [6.45, 7) is 10.4. The van der Waals surface area contributed by atoms with Gasteiger partial charge in [-0.1, -0.05) is 19.4 Å². The van der Waals surface area contributed by atoms with Crippen molar-refractivity contribution in [3.63, 3.8) is 0 Å². The first-order chi connectivity index (χ1) is 6.10. The highest BCUT2D eigenvalue weighted by atomic mass is 32.2. The average Bonchev–Trinajstić information content (AvgIpc) is 2.10. The Balaban J connectivity index is 3.65. The lowest BCUT2D eigenvalue weighted by molar-refractivity contribution is 0.573. The van der Waals surface area contributed by atoms with Crippen LogP contribution in [0.4, 0.5) is 0 Å². The predicted octanol–water partition coefficient (Wildman–Crippen LogP) is 2.32. The molecular weight excluding hydrogens is 180 g/mol. The normalized spacial score (nSPS) is 15.4. The maximum atomic E-state index is 5.44. The number of nitrogens with two attached hydrogens (primary N) is 1. The number of hydrazine groups is 1. The fourth-order valence-electron chi connectivity index (χ4n) is 0.985. The summed E-state index contributed by atoms with van der Waals surface area (Å²) in [4.78, 5) is 0. The molecule has 0 radical (unpaired) electrons. The van der Waals surface area contributed by atoms with Gasteiger partial charge in [-0.3, -0.25) is 11.3 Å². The number of rotatable bonds is 7. The second-order valence-corrected chi connectivity index (χ2v) is 5.05. The zero-order valence-electron chi connectivity index (χ0n) is 8.97. The van der Waals surface area contributed by atoms with Gasteiger partial charge in [0.15, 0.2) is 0 Å². The van der Waals surface area contributed by atoms with Crippen molar-refractivity contribution < 1.29 is 0 Å². The minimum Gasteiger partial charge on any atom is -0.271 e. The molecule has 0 aromatic rings. The van der Waals surface area contributed by atoms with Gasteiger partial charge in [0.2, 0.25) is 0 Å². The molecule has 0 aliphatic rings. The van der Waals surface area contributed by atoms with Crippen molar-refractivity contribution in [2.75, 3.05) is 5.75 Å². The van der Waals surface area contributed by atoms with Gasteiger partial charge in [0.05, 0.1) is 0 Å². The van der Waals surface area contributed by atoms with Crippen LogP contribution < -0.4 is 11.3 Å². The molecule has 0 saturated carbocycles. The van der Waals surface area contributed by atoms with E-state index in [0.717, 1.165) is 17.4 Å². The molecule has 2 unspecified atom stereocenters. The van der Waals surface area contributed by atoms with Crippen molar-refractivity contribution in [1.29, 1.82) is 0 Å². The van der Waals surface area contributed by atoms with Gasteiger partial charge in [0, 0.05) is 17.0 Å². The van der Waals surface area contributed by atoms with Gasteiger partial charge in [-0.25, -0.2) is 0 Å². The van der Waals surface area contributed by atoms with Crippen LogP contribution in [0.15, 0.2) is 12.2 Å². The highest BCUT2D eigenvalue weighted by molar-refractivity contribution is 7.99. The van der Waals surface area contributed by atoms with Crippen LogP contribution in [0.1, 0.15) is 33.6 Å². The van der Waals surface area contributed by atoms with E-state index in [4.69, 9.17) is 5.84 Å². The standard InChI is InChI=1S/C10H22N2S/c1-5-9(4)13-7-10(12-11)6-8(2)3/h9-10,12H,2,5-7,11H2,1,3-4H3. The van der Waals surface area contributed by atoms with E-state index in [2.05, 4.69) is 25.9 Å². The number of thioether (sulfide) groups is 1. The predicted molar refractivity (Wildman–Crippen MR) is 62.8 cm³/mol. The minimum atomic E-state index is 0.372. The van der Waals surface area contributed by atoms with Gasteiger partial charge in [-0.05, 0) is 19.8 Å². The van der Waals surface area contributed by atoms with Gasteiger partial charge in [-0.2, -0.15) is 11.8 Å². The van der Waals surface area contributed by atoms with Crippen LogP contribution in [0.2, 0.25) is 0 Å². The lowest BCUT2D eigenvalue weighted by atomic mass is 10.1. The summed E-state index contributed by atoms with van der Waals surface area (Å²) in [6, 6.07) is 0.372. The van der Waals surface area contributed by atoms with E-state index in [9.17, 15) is 0 Å². The van der Waals surface area contributed by atoms with Gasteiger partial charge in [-0.15, -0.1) is 6.58 Å². The summed E-state index contributed by atoms with van der Waals surface area (Å²) in [7, 11) is 0. The van der Waals surface area contributed by atoms with Gasteiger partial charge in [0.1, 0.15) is 0 Å². The van der Waals surface area contributed by atoms with Crippen molar-refractivity contribution in [2.24, 2.45) is 5.84 Å². The molecule has 2 nitrogen and oxygen atoms in total. The molecule has 0 aliphatic heterocycles. The Morgan fingerprint density at radius 2 is 2.23 bits per heavy atom. The molecule has 2 atom stereocenters. The number of hydrogen-bond donors (Lipinski definition) is 2. The van der Waals surface area contributed by atoms with Gasteiger partial charge >= 0.3 is 0 Å². The third kappa shape index (κ3) is 7.11. The van der Waals surface area contributed by atoms with Crippen LogP contribution in [-0.4, -0.2) is 17.0 Å². The molecule has 0 spiro atoms. The number of hydrogen-bond acceptors (Lipinski definition) is 3. The van der Waals surface area contributed by atoms with E-state index in [1.54, 1.807) is 0 Å². The summed E-state index contributed by atoms with van der Waals surface area (Å²) in [5.41, 5.74) is 4.02. The first-order valence-corrected chi connectivity index (χ1v) is 5.87. The molecule has 0 saturated heterocycles. The zero-order chi connectivity index (χ0) is 10.3. The Labute approximate surface area is 86.3 Å². The quantitative estimate of drug-likeness (QED) is 0.378. The van der Waals surface area contributed by atoms with E-state index in [0.29, 0.717) is 6.04 Å². The van der Waals surface area contributed by atoms with Crippen LogP contribution in [0, 0.1) is 0 Å². The molecular formula is C10H22N2S. The van der Waals surface area contributed by atoms with Crippen molar-refractivity contribution >= 4 is 11.8 Å². The van der Waals surface area contributed by atoms with Crippen molar-refractivity contribution in [3.8, 4) is 0 Å². The zero-order valence-corrected chi connectivity index (χ0v) is 9.79. The first-order valence-electron chi connectivity index (χ1n) is 4.82. The average molecular weight is 202 g/mol. The summed E-state index contributed by atoms with van der Waals surface area (Å²) in [6.07, 6.45) is 2.19. The highest BCUT2D eigenvalue weighted by Crippen LogP contribution is 2.16. The summed E-state index contributed by atoms with van der Waals surface area (Å²) in [5.74, 6) is 6.51. The maximum Gasteiger partial charge on any atom is 0.0338 e. The molecule has 0 amide bonds. The third-order valence-corrected chi connectivity index (χ3v) is 3.48. The lowest BCUT2D eigenvalue weighted by Crippen LogP contribution is -2.37. The van der Waals surface area contributed by atoms with Crippen molar-refractivity contribution in [1.82, 2.24) is 5.43 Å². The maximum absolute atomic E-state index is 5.44. The smallest absolute Gasteiger partial charge is 0.0338 e. The Bertz CT molecular complexity index is 148. The molecule has 0 aliphatic carbocycles. The SMILES string of the molecule is C=C(C)CC(CSC(C)CC)NN. The topological polar surface area (TPSA) is 38.0 Å². The monoisotopic (exact) mass is 202 g/mol. The van der Waals surface area contributed by atoms with Crippen LogP contribution in [0.3, 0.4) is 0 Å². The van der Waals surface area contributed by atoms with E-state index in [1.165, 1.54) is 12.0 Å². The van der Waals surface area contributed by atoms with Crippen LogP contribution in [-0.2, 0) is 0 Å². The lowest BCUT2D eigenvalue weighted by Gasteiger charge is -2.17. The first kappa shape index (κ1) is 13.0. The summed E-state index contributed by atoms with van der Waals surface area (Å²) >= 11 is 1.97. The third-order valence-electron chi connectivity index (χ3n) is 1.99. The Morgan fingerprint density at radius 3 is 2.62 bits per heavy atom. The molecule has 78 valence electrons. The molecule has 0 fully saturated rings. The molecule has 3 heteroatoms. The fourth-order valence-corrected chi connectivity index (χ4v) is 2.00. The van der Waals surface area contributed by atoms with Gasteiger partial charge in [0.25, 0.3) is 0 Å². The molecule has 13 heavy (non-hydrogen) atoms. The van der Waals surface area contributed by atoms with Crippen LogP contribution in [0.25, 0.3) is 0 Å². The molecule has 0 bridgehead atoms. The minimum absolute atomic E-state index is 0.372. The number of nitrogens with one attached hydrogen (secondary N) is 1. The van der Waals surface area contributed by atoms with E-state index < -0.39 is 0 Å². The molecule has 0 rings (SSSR count). The molecule has 0 aromatic heterocycles. The molecule has 0 heterocycles. The van der Waals surface area contributed by atoms with E-state index in [1.807, 2.05) is 18.7 Å². The largest absolute Gasteiger partial charge is 0.271 e. The highest BCUT2D eigenvalue weighted by Gasteiger charge is 2.08. The van der Waals surface area contributed by atoms with E-state index in [-0.39, 0.29) is 0 Å². The summed E-state index contributed by atoms with van der Waals surface area (Å²) < 4.78 is 0. The van der Waals surface area contributed by atoms with Crippen molar-refractivity contribution in [2.45, 2.75) is 44.9 Å². The fraction of sp³-hybridized carbons (Fsp3) is 0.800. The molecule has 3 N–H and O–H groups in total. The Morgan fingerprint density at radius 1 is 1.62 bits per heavy atom. The molecule has 0 aromatic carbocycles. The summed E-state index contributed by atoms with van der Waals surface area (Å²) in [5, 5.41) is 0.723. The second-order valence-electron chi connectivity index (χ2n) is 3.58. The Kier molecular flexibility index (Phi) is 7.42. The van der Waals surface area contributed by atoms with E-state index >= 15 is 0 Å². The van der Waals surface area contributed by atoms with Gasteiger partial charge < -0.3 is 0 Å². The van der Waals surface area contributed by atoms with Crippen molar-refractivity contribution in [3.05, 3.63) is 12.2 Å². The second kappa shape index (κ2) is 7.42. The Hall–Kier alpha value is 0.01000.